The number of halogens is 5. The van der Waals surface area contributed by atoms with E-state index in [1.54, 1.807) is 6.07 Å². The topological polar surface area (TPSA) is 9.23 Å². The Bertz CT molecular complexity index is 311. The summed E-state index contributed by atoms with van der Waals surface area (Å²) < 4.78 is 62.6. The first-order valence-electron chi connectivity index (χ1n) is 3.01. The number of alkyl halides is 3. The zero-order chi connectivity index (χ0) is 10.1. The van der Waals surface area contributed by atoms with E-state index in [4.69, 9.17) is 0 Å². The smallest absolute Gasteiger partial charge is 0.429 e. The Hall–Kier alpha value is -0.733. The fraction of sp³-hybridized carbons (Fsp3) is 0.143. The van der Waals surface area contributed by atoms with Gasteiger partial charge in [0.05, 0.1) is 11.6 Å². The molecule has 0 amide bonds. The maximum absolute atomic E-state index is 12.5. The van der Waals surface area contributed by atoms with Crippen LogP contribution in [0.25, 0.3) is 0 Å². The molecular weight excluding hydrogens is 202 g/mol. The van der Waals surface area contributed by atoms with E-state index in [9.17, 15) is 22.0 Å². The maximum atomic E-state index is 12.5. The van der Waals surface area contributed by atoms with E-state index < -0.39 is 23.7 Å². The molecule has 0 aliphatic rings. The molecular formula is C7H2F5LiO. The van der Waals surface area contributed by atoms with Crippen LogP contribution < -0.4 is 23.6 Å². The van der Waals surface area contributed by atoms with E-state index in [2.05, 4.69) is 4.74 Å². The molecule has 1 rings (SSSR count). The minimum Gasteiger partial charge on any atom is -0.429 e. The average molecular weight is 204 g/mol. The largest absolute Gasteiger partial charge is 1.00 e. The van der Waals surface area contributed by atoms with Crippen molar-refractivity contribution in [3.63, 3.8) is 0 Å². The van der Waals surface area contributed by atoms with Crippen molar-refractivity contribution in [1.82, 2.24) is 0 Å². The van der Waals surface area contributed by atoms with Crippen LogP contribution in [0.4, 0.5) is 22.0 Å². The van der Waals surface area contributed by atoms with Gasteiger partial charge in [-0.3, -0.25) is 4.39 Å². The average Bonchev–Trinajstić information content (AvgIpc) is 1.96. The second-order valence-electron chi connectivity index (χ2n) is 2.02. The van der Waals surface area contributed by atoms with Crippen molar-refractivity contribution < 1.29 is 45.5 Å². The molecule has 0 aliphatic heterocycles. The molecule has 0 aliphatic carbocycles. The Balaban J connectivity index is 0.00000169. The van der Waals surface area contributed by atoms with Gasteiger partial charge in [-0.15, -0.1) is 25.3 Å². The number of rotatable bonds is 1. The third-order valence-electron chi connectivity index (χ3n) is 1.08. The van der Waals surface area contributed by atoms with Gasteiger partial charge in [-0.1, -0.05) is 0 Å². The van der Waals surface area contributed by atoms with E-state index in [1.165, 1.54) is 0 Å². The fourth-order valence-electron chi connectivity index (χ4n) is 0.639. The zero-order valence-electron chi connectivity index (χ0n) is 6.95. The summed E-state index contributed by atoms with van der Waals surface area (Å²) in [5.41, 5.74) is 0. The zero-order valence-corrected chi connectivity index (χ0v) is 6.95. The summed E-state index contributed by atoms with van der Waals surface area (Å²) in [5, 5.41) is 0. The Morgan fingerprint density at radius 1 is 1.21 bits per heavy atom. The van der Waals surface area contributed by atoms with Crippen molar-refractivity contribution in [2.45, 2.75) is 6.36 Å². The molecule has 0 unspecified atom stereocenters. The maximum Gasteiger partial charge on any atom is 1.00 e. The monoisotopic (exact) mass is 204 g/mol. The second-order valence-corrected chi connectivity index (χ2v) is 2.02. The first-order valence-corrected chi connectivity index (χ1v) is 3.01. The van der Waals surface area contributed by atoms with Gasteiger partial charge in [0.15, 0.2) is 0 Å². The van der Waals surface area contributed by atoms with Crippen LogP contribution in [0.15, 0.2) is 12.1 Å². The van der Waals surface area contributed by atoms with Gasteiger partial charge < -0.3 is 4.74 Å². The van der Waals surface area contributed by atoms with E-state index in [0.29, 0.717) is 6.07 Å². The number of ether oxygens (including phenoxy) is 1. The van der Waals surface area contributed by atoms with Gasteiger partial charge in [-0.25, -0.2) is 4.39 Å². The molecule has 0 saturated heterocycles. The summed E-state index contributed by atoms with van der Waals surface area (Å²) in [6.07, 6.45) is -5.03. The van der Waals surface area contributed by atoms with Gasteiger partial charge in [-0.05, 0) is 0 Å². The minimum atomic E-state index is -5.03. The Labute approximate surface area is 88.0 Å². The molecule has 1 aromatic carbocycles. The van der Waals surface area contributed by atoms with E-state index in [0.717, 1.165) is 6.07 Å². The van der Waals surface area contributed by atoms with Gasteiger partial charge in [0.2, 0.25) is 0 Å². The molecule has 0 aromatic heterocycles. The standard InChI is InChI=1S/C7H2F5O.Li/c8-4-2-1-3-5(6(4)9)13-7(10,11)12;/h1,3H;/q-1;+1. The second kappa shape index (κ2) is 4.67. The van der Waals surface area contributed by atoms with Crippen molar-refractivity contribution >= 4 is 0 Å². The molecule has 0 N–H and O–H groups in total. The molecule has 1 aromatic rings. The van der Waals surface area contributed by atoms with Crippen LogP contribution in [0, 0.1) is 17.7 Å². The number of benzene rings is 1. The summed E-state index contributed by atoms with van der Waals surface area (Å²) >= 11 is 0. The minimum absolute atomic E-state index is 0. The summed E-state index contributed by atoms with van der Waals surface area (Å²) in [7, 11) is 0. The third-order valence-corrected chi connectivity index (χ3v) is 1.08. The first-order chi connectivity index (χ1) is 5.90. The van der Waals surface area contributed by atoms with Crippen molar-refractivity contribution in [2.24, 2.45) is 0 Å². The molecule has 0 radical (unpaired) electrons. The quantitative estimate of drug-likeness (QED) is 0.345. The van der Waals surface area contributed by atoms with Gasteiger partial charge in [0, 0.05) is 5.82 Å². The van der Waals surface area contributed by atoms with Gasteiger partial charge >= 0.3 is 25.2 Å². The van der Waals surface area contributed by atoms with Gasteiger partial charge in [0.25, 0.3) is 0 Å². The van der Waals surface area contributed by atoms with Gasteiger partial charge in [0.1, 0.15) is 0 Å². The van der Waals surface area contributed by atoms with Crippen LogP contribution >= 0.6 is 0 Å². The van der Waals surface area contributed by atoms with Crippen LogP contribution in [-0.4, -0.2) is 6.36 Å². The van der Waals surface area contributed by atoms with Crippen LogP contribution in [-0.2, 0) is 0 Å². The Kier molecular flexibility index (Phi) is 4.42. The summed E-state index contributed by atoms with van der Waals surface area (Å²) in [6, 6.07) is 3.16. The normalized spacial score (nSPS) is 10.6. The van der Waals surface area contributed by atoms with E-state index >= 15 is 0 Å². The van der Waals surface area contributed by atoms with Crippen molar-refractivity contribution in [1.29, 1.82) is 0 Å². The Morgan fingerprint density at radius 2 is 1.79 bits per heavy atom. The molecule has 0 bridgehead atoms. The Morgan fingerprint density at radius 3 is 2.29 bits per heavy atom. The van der Waals surface area contributed by atoms with Gasteiger partial charge in [-0.2, -0.15) is 6.07 Å². The summed E-state index contributed by atoms with van der Waals surface area (Å²) in [5.74, 6) is -4.43. The van der Waals surface area contributed by atoms with Crippen LogP contribution in [0.3, 0.4) is 0 Å². The predicted molar refractivity (Wildman–Crippen MR) is 31.9 cm³/mol. The SMILES string of the molecule is Fc1[c-]ccc(OC(F)(F)F)c1F.[Li+]. The first kappa shape index (κ1) is 13.3. The molecule has 1 nitrogen and oxygen atoms in total. The molecule has 7 heteroatoms. The summed E-state index contributed by atoms with van der Waals surface area (Å²) in [4.78, 5) is 0. The van der Waals surface area contributed by atoms with Crippen molar-refractivity contribution in [3.05, 3.63) is 29.8 Å². The summed E-state index contributed by atoms with van der Waals surface area (Å²) in [6.45, 7) is 0. The molecule has 0 saturated carbocycles. The number of hydrogen-bond acceptors (Lipinski definition) is 1. The third kappa shape index (κ3) is 3.56. The van der Waals surface area contributed by atoms with Crippen LogP contribution in [0.2, 0.25) is 0 Å². The predicted octanol–water partition coefficient (Wildman–Crippen LogP) is -0.332. The van der Waals surface area contributed by atoms with E-state index in [1.807, 2.05) is 0 Å². The van der Waals surface area contributed by atoms with E-state index in [-0.39, 0.29) is 18.9 Å². The fourth-order valence-corrected chi connectivity index (χ4v) is 0.639. The molecule has 0 fully saturated rings. The molecule has 0 heterocycles. The van der Waals surface area contributed by atoms with Crippen molar-refractivity contribution in [3.8, 4) is 5.75 Å². The molecule has 0 atom stereocenters. The molecule has 72 valence electrons. The molecule has 14 heavy (non-hydrogen) atoms. The van der Waals surface area contributed by atoms with Crippen LogP contribution in [0.1, 0.15) is 0 Å². The van der Waals surface area contributed by atoms with Crippen molar-refractivity contribution in [2.75, 3.05) is 0 Å². The molecule has 0 spiro atoms. The van der Waals surface area contributed by atoms with Crippen LogP contribution in [0.5, 0.6) is 5.75 Å². The number of hydrogen-bond donors (Lipinski definition) is 0.